The molecular weight excluding hydrogens is 380 g/mol. The molecule has 0 spiro atoms. The number of hydrogen-bond donors (Lipinski definition) is 3. The average Bonchev–Trinajstić information content (AvgIpc) is 2.69. The topological polar surface area (TPSA) is 124 Å². The van der Waals surface area contributed by atoms with Crippen LogP contribution in [0.3, 0.4) is 0 Å². The van der Waals surface area contributed by atoms with E-state index in [1.165, 1.54) is 6.20 Å². The Hall–Kier alpha value is -3.88. The van der Waals surface area contributed by atoms with Crippen molar-refractivity contribution in [2.24, 2.45) is 5.73 Å². The first kappa shape index (κ1) is 19.9. The van der Waals surface area contributed by atoms with Crippen LogP contribution in [0.4, 0.5) is 14.6 Å². The van der Waals surface area contributed by atoms with Gasteiger partial charge in [-0.2, -0.15) is 0 Å². The maximum absolute atomic E-state index is 13.7. The summed E-state index contributed by atoms with van der Waals surface area (Å²) in [5.74, 6) is -3.02. The van der Waals surface area contributed by atoms with Gasteiger partial charge in [0.05, 0.1) is 17.5 Å². The number of benzene rings is 2. The van der Waals surface area contributed by atoms with Crippen LogP contribution in [0.25, 0.3) is 0 Å². The van der Waals surface area contributed by atoms with E-state index in [2.05, 4.69) is 15.3 Å². The predicted molar refractivity (Wildman–Crippen MR) is 102 cm³/mol. The number of aromatic nitrogens is 2. The van der Waals surface area contributed by atoms with Crippen LogP contribution >= 0.6 is 0 Å². The van der Waals surface area contributed by atoms with E-state index in [0.29, 0.717) is 12.1 Å². The van der Waals surface area contributed by atoms with Gasteiger partial charge in [-0.1, -0.05) is 24.3 Å². The number of nitrogens with one attached hydrogen (secondary N) is 1. The fourth-order valence-electron chi connectivity index (χ4n) is 2.71. The van der Waals surface area contributed by atoms with Gasteiger partial charge in [-0.15, -0.1) is 0 Å². The Morgan fingerprint density at radius 2 is 1.83 bits per heavy atom. The molecule has 1 aromatic heterocycles. The minimum atomic E-state index is -0.801. The van der Waals surface area contributed by atoms with Gasteiger partial charge >= 0.3 is 0 Å². The van der Waals surface area contributed by atoms with Gasteiger partial charge in [0, 0.05) is 13.0 Å². The molecule has 3 rings (SSSR count). The summed E-state index contributed by atoms with van der Waals surface area (Å²) in [6.45, 7) is 0.114. The highest BCUT2D eigenvalue weighted by molar-refractivity contribution is 5.95. The maximum atomic E-state index is 13.7. The lowest BCUT2D eigenvalue weighted by molar-refractivity contribution is 0.0945. The third kappa shape index (κ3) is 4.89. The van der Waals surface area contributed by atoms with Crippen molar-refractivity contribution >= 4 is 17.6 Å². The van der Waals surface area contributed by atoms with Gasteiger partial charge in [-0.25, -0.2) is 18.7 Å². The van der Waals surface area contributed by atoms with E-state index in [4.69, 9.17) is 11.5 Å². The van der Waals surface area contributed by atoms with Crippen LogP contribution in [0.2, 0.25) is 0 Å². The van der Waals surface area contributed by atoms with Crippen molar-refractivity contribution in [2.75, 3.05) is 5.73 Å². The lowest BCUT2D eigenvalue weighted by Crippen LogP contribution is -2.24. The number of hydrogen-bond acceptors (Lipinski definition) is 5. The smallest absolute Gasteiger partial charge is 0.271 e. The normalized spacial score (nSPS) is 10.6. The Labute approximate surface area is 164 Å². The zero-order valence-corrected chi connectivity index (χ0v) is 15.2. The van der Waals surface area contributed by atoms with Crippen molar-refractivity contribution in [1.29, 1.82) is 0 Å². The van der Waals surface area contributed by atoms with E-state index in [0.717, 1.165) is 29.3 Å². The number of primary amides is 1. The summed E-state index contributed by atoms with van der Waals surface area (Å²) >= 11 is 0. The molecule has 2 aromatic carbocycles. The van der Waals surface area contributed by atoms with E-state index in [9.17, 15) is 18.4 Å². The fourth-order valence-corrected chi connectivity index (χ4v) is 2.71. The first-order valence-electron chi connectivity index (χ1n) is 8.55. The molecule has 29 heavy (non-hydrogen) atoms. The average molecular weight is 397 g/mol. The highest BCUT2D eigenvalue weighted by Gasteiger charge is 2.13. The molecule has 5 N–H and O–H groups in total. The molecule has 0 saturated carbocycles. The van der Waals surface area contributed by atoms with Crippen LogP contribution < -0.4 is 16.8 Å². The van der Waals surface area contributed by atoms with Gasteiger partial charge in [0.15, 0.2) is 11.5 Å². The van der Waals surface area contributed by atoms with E-state index >= 15 is 0 Å². The first-order valence-corrected chi connectivity index (χ1v) is 8.55. The Bertz CT molecular complexity index is 1090. The number of nitrogen functional groups attached to an aromatic ring is 1. The molecule has 3 aromatic rings. The predicted octanol–water partition coefficient (Wildman–Crippen LogP) is 1.96. The molecule has 0 aliphatic heterocycles. The maximum Gasteiger partial charge on any atom is 0.271 e. The third-order valence-corrected chi connectivity index (χ3v) is 4.09. The van der Waals surface area contributed by atoms with Gasteiger partial charge in [0.1, 0.15) is 11.6 Å². The number of carbonyl (C=O) groups is 2. The molecule has 1 heterocycles. The molecule has 0 aliphatic rings. The van der Waals surface area contributed by atoms with Crippen LogP contribution in [-0.2, 0) is 13.0 Å². The van der Waals surface area contributed by atoms with Crippen molar-refractivity contribution in [3.05, 3.63) is 88.4 Å². The van der Waals surface area contributed by atoms with Crippen LogP contribution in [0.15, 0.2) is 48.7 Å². The van der Waals surface area contributed by atoms with Crippen molar-refractivity contribution in [2.45, 2.75) is 13.0 Å². The number of nitrogens with zero attached hydrogens (tertiary/aromatic N) is 2. The zero-order chi connectivity index (χ0) is 21.0. The van der Waals surface area contributed by atoms with E-state index < -0.39 is 23.4 Å². The van der Waals surface area contributed by atoms with Gasteiger partial charge in [0.2, 0.25) is 0 Å². The summed E-state index contributed by atoms with van der Waals surface area (Å²) in [5, 5.41) is 2.55. The number of amides is 2. The molecule has 0 bridgehead atoms. The quantitative estimate of drug-likeness (QED) is 0.587. The first-order chi connectivity index (χ1) is 13.8. The Morgan fingerprint density at radius 1 is 1.07 bits per heavy atom. The van der Waals surface area contributed by atoms with E-state index in [1.54, 1.807) is 12.1 Å². The number of anilines is 1. The Balaban J connectivity index is 1.70. The molecule has 0 aliphatic carbocycles. The molecular formula is C20H17F2N5O2. The second kappa shape index (κ2) is 8.42. The molecule has 0 unspecified atom stereocenters. The lowest BCUT2D eigenvalue weighted by atomic mass is 10.1. The largest absolute Gasteiger partial charge is 0.382 e. The molecule has 0 atom stereocenters. The number of halogens is 2. The van der Waals surface area contributed by atoms with Crippen molar-refractivity contribution < 1.29 is 18.4 Å². The van der Waals surface area contributed by atoms with Crippen LogP contribution in [-0.4, -0.2) is 21.8 Å². The van der Waals surface area contributed by atoms with Gasteiger partial charge in [-0.05, 0) is 29.3 Å². The Morgan fingerprint density at radius 3 is 2.59 bits per heavy atom. The molecule has 0 saturated heterocycles. The Kier molecular flexibility index (Phi) is 5.77. The van der Waals surface area contributed by atoms with Crippen molar-refractivity contribution in [1.82, 2.24) is 15.3 Å². The van der Waals surface area contributed by atoms with Crippen LogP contribution in [0.5, 0.6) is 0 Å². The highest BCUT2D eigenvalue weighted by Crippen LogP contribution is 2.13. The minimum Gasteiger partial charge on any atom is -0.382 e. The summed E-state index contributed by atoms with van der Waals surface area (Å²) in [6.07, 6.45) is 1.80. The highest BCUT2D eigenvalue weighted by atomic mass is 19.1. The van der Waals surface area contributed by atoms with Crippen molar-refractivity contribution in [3.63, 3.8) is 0 Å². The van der Waals surface area contributed by atoms with Gasteiger partial charge < -0.3 is 16.8 Å². The molecule has 7 nitrogen and oxygen atoms in total. The number of rotatable bonds is 6. The molecule has 9 heteroatoms. The van der Waals surface area contributed by atoms with E-state index in [-0.39, 0.29) is 23.6 Å². The molecule has 148 valence electrons. The SMILES string of the molecule is NC(=O)c1nc(Cc2cccc(CNC(=O)c3cc(F)ccc3F)c2)cnc1N. The van der Waals surface area contributed by atoms with Crippen LogP contribution in [0.1, 0.15) is 37.7 Å². The summed E-state index contributed by atoms with van der Waals surface area (Å²) < 4.78 is 26.9. The lowest BCUT2D eigenvalue weighted by Gasteiger charge is -2.09. The monoisotopic (exact) mass is 397 g/mol. The molecule has 0 radical (unpaired) electrons. The summed E-state index contributed by atoms with van der Waals surface area (Å²) in [6, 6.07) is 9.88. The number of nitrogens with two attached hydrogens (primary N) is 2. The summed E-state index contributed by atoms with van der Waals surface area (Å²) in [7, 11) is 0. The van der Waals surface area contributed by atoms with Gasteiger partial charge in [0.25, 0.3) is 11.8 Å². The molecule has 2 amide bonds. The second-order valence-electron chi connectivity index (χ2n) is 6.26. The minimum absolute atomic E-state index is 0.0395. The fraction of sp³-hybridized carbons (Fsp3) is 0.100. The van der Waals surface area contributed by atoms with Gasteiger partial charge in [-0.3, -0.25) is 9.59 Å². The third-order valence-electron chi connectivity index (χ3n) is 4.09. The summed E-state index contributed by atoms with van der Waals surface area (Å²) in [4.78, 5) is 31.5. The standard InChI is InChI=1S/C20H17F2N5O2/c21-13-4-5-16(22)15(8-13)20(29)26-9-12-3-1-2-11(6-12)7-14-10-25-18(23)17(27-14)19(24)28/h1-6,8,10H,7,9H2,(H2,23,25)(H2,24,28)(H,26,29). The number of carbonyl (C=O) groups excluding carboxylic acids is 2. The zero-order valence-electron chi connectivity index (χ0n) is 15.2. The second-order valence-corrected chi connectivity index (χ2v) is 6.26. The summed E-state index contributed by atoms with van der Waals surface area (Å²) in [5.41, 5.74) is 12.4. The van der Waals surface area contributed by atoms with Crippen molar-refractivity contribution in [3.8, 4) is 0 Å². The molecule has 0 fully saturated rings. The van der Waals surface area contributed by atoms with Crippen LogP contribution in [0, 0.1) is 11.6 Å². The van der Waals surface area contributed by atoms with E-state index in [1.807, 2.05) is 12.1 Å².